The van der Waals surface area contributed by atoms with E-state index in [1.165, 1.54) is 5.56 Å². The Labute approximate surface area is 231 Å². The van der Waals surface area contributed by atoms with Gasteiger partial charge in [0.2, 0.25) is 5.91 Å². The summed E-state index contributed by atoms with van der Waals surface area (Å²) in [4.78, 5) is 48.0. The predicted molar refractivity (Wildman–Crippen MR) is 147 cm³/mol. The SMILES string of the molecule is CC(C)N1C(=O)N(CCF)C(=O)C12CC1CCC(C2)N1C[C@H]1CN(C(=O)C2CCCC2)C[C@@H]1c1ccccc1. The standard InChI is InChI=1S/C31H43FN4O3/c1-21(2)36-30(39)34(15-14-32)29(38)31(36)16-25-12-13-26(17-31)35(25)19-24-18-33(28(37)23-10-6-7-11-23)20-27(24)22-8-4-3-5-9-22/h3-5,8-9,21,23-27H,6-7,10-20H2,1-2H3/t24-,25?,26?,27-,31?/m1/s1. The second-order valence-corrected chi connectivity index (χ2v) is 12.9. The smallest absolute Gasteiger partial charge is 0.327 e. The average molecular weight is 539 g/mol. The zero-order valence-electron chi connectivity index (χ0n) is 23.4. The number of rotatable bonds is 7. The van der Waals surface area contributed by atoms with Gasteiger partial charge in [-0.05, 0) is 63.9 Å². The summed E-state index contributed by atoms with van der Waals surface area (Å²) in [5, 5.41) is 0. The Hall–Kier alpha value is -2.48. The highest BCUT2D eigenvalue weighted by molar-refractivity contribution is 6.07. The molecule has 2 bridgehead atoms. The van der Waals surface area contributed by atoms with Crippen molar-refractivity contribution in [1.82, 2.24) is 19.6 Å². The number of imide groups is 1. The molecule has 5 fully saturated rings. The number of carbonyl (C=O) groups is 3. The first-order chi connectivity index (χ1) is 18.8. The summed E-state index contributed by atoms with van der Waals surface area (Å²) in [5.74, 6) is 0.957. The summed E-state index contributed by atoms with van der Waals surface area (Å²) >= 11 is 0. The molecule has 0 radical (unpaired) electrons. The average Bonchev–Trinajstić information content (AvgIpc) is 3.69. The lowest BCUT2D eigenvalue weighted by atomic mass is 9.79. The maximum absolute atomic E-state index is 13.7. The molecule has 4 heterocycles. The van der Waals surface area contributed by atoms with Crippen LogP contribution in [0.2, 0.25) is 0 Å². The Kier molecular flexibility index (Phi) is 7.19. The Bertz CT molecular complexity index is 1080. The third kappa shape index (κ3) is 4.47. The maximum atomic E-state index is 13.7. The van der Waals surface area contributed by atoms with Crippen LogP contribution in [0.4, 0.5) is 9.18 Å². The lowest BCUT2D eigenvalue weighted by Crippen LogP contribution is -2.62. The quantitative estimate of drug-likeness (QED) is 0.482. The molecule has 4 amide bonds. The molecule has 4 atom stereocenters. The van der Waals surface area contributed by atoms with E-state index in [0.29, 0.717) is 30.6 Å². The van der Waals surface area contributed by atoms with Crippen molar-refractivity contribution in [3.8, 4) is 0 Å². The van der Waals surface area contributed by atoms with Crippen molar-refractivity contribution in [3.05, 3.63) is 35.9 Å². The van der Waals surface area contributed by atoms with Crippen LogP contribution in [0.25, 0.3) is 0 Å². The zero-order chi connectivity index (χ0) is 27.3. The highest BCUT2D eigenvalue weighted by Crippen LogP contribution is 2.49. The number of halogens is 1. The van der Waals surface area contributed by atoms with Gasteiger partial charge in [0.05, 0.1) is 6.54 Å². The van der Waals surface area contributed by atoms with Crippen LogP contribution in [0, 0.1) is 11.8 Å². The van der Waals surface area contributed by atoms with Crippen LogP contribution in [0.5, 0.6) is 0 Å². The van der Waals surface area contributed by atoms with Crippen LogP contribution in [0.3, 0.4) is 0 Å². The van der Waals surface area contributed by atoms with Gasteiger partial charge in [-0.15, -0.1) is 0 Å². The van der Waals surface area contributed by atoms with E-state index < -0.39 is 12.2 Å². The molecule has 0 aromatic heterocycles. The number of hydrogen-bond acceptors (Lipinski definition) is 4. The fourth-order valence-electron chi connectivity index (χ4n) is 8.75. The molecule has 8 heteroatoms. The Morgan fingerprint density at radius 1 is 1.00 bits per heavy atom. The Balaban J connectivity index is 1.23. The lowest BCUT2D eigenvalue weighted by molar-refractivity contribution is -0.138. The normalized spacial score (nSPS) is 33.5. The van der Waals surface area contributed by atoms with Gasteiger partial charge in [0, 0.05) is 49.6 Å². The van der Waals surface area contributed by atoms with Gasteiger partial charge in [-0.25, -0.2) is 9.18 Å². The summed E-state index contributed by atoms with van der Waals surface area (Å²) in [7, 11) is 0. The van der Waals surface area contributed by atoms with E-state index in [-0.39, 0.29) is 42.5 Å². The van der Waals surface area contributed by atoms with Crippen molar-refractivity contribution in [2.45, 2.75) is 94.8 Å². The fraction of sp³-hybridized carbons (Fsp3) is 0.710. The van der Waals surface area contributed by atoms with Crippen molar-refractivity contribution < 1.29 is 18.8 Å². The first-order valence-corrected chi connectivity index (χ1v) is 15.1. The minimum absolute atomic E-state index is 0.121. The number of carbonyl (C=O) groups excluding carboxylic acids is 3. The molecule has 1 spiro atoms. The molecular formula is C31H43FN4O3. The third-order valence-corrected chi connectivity index (χ3v) is 10.4. The van der Waals surface area contributed by atoms with Gasteiger partial charge in [0.25, 0.3) is 5.91 Å². The summed E-state index contributed by atoms with van der Waals surface area (Å²) in [6.45, 7) is 5.51. The highest BCUT2D eigenvalue weighted by atomic mass is 19.1. The number of hydrogen-bond donors (Lipinski definition) is 0. The minimum atomic E-state index is -0.859. The number of urea groups is 1. The molecule has 7 nitrogen and oxygen atoms in total. The van der Waals surface area contributed by atoms with Gasteiger partial charge in [-0.1, -0.05) is 43.2 Å². The summed E-state index contributed by atoms with van der Waals surface area (Å²) in [6.07, 6.45) is 7.61. The van der Waals surface area contributed by atoms with Crippen molar-refractivity contribution in [2.24, 2.45) is 11.8 Å². The molecule has 5 aliphatic rings. The van der Waals surface area contributed by atoms with Gasteiger partial charge in [-0.2, -0.15) is 0 Å². The molecule has 1 aromatic carbocycles. The van der Waals surface area contributed by atoms with E-state index in [2.05, 4.69) is 34.1 Å². The molecule has 4 aliphatic heterocycles. The second-order valence-electron chi connectivity index (χ2n) is 12.9. The van der Waals surface area contributed by atoms with Crippen LogP contribution in [0.1, 0.15) is 76.7 Å². The van der Waals surface area contributed by atoms with E-state index in [0.717, 1.165) is 63.1 Å². The van der Waals surface area contributed by atoms with E-state index in [4.69, 9.17) is 0 Å². The molecular weight excluding hydrogens is 495 g/mol. The number of benzene rings is 1. The van der Waals surface area contributed by atoms with E-state index in [1.54, 1.807) is 4.90 Å². The molecule has 1 aromatic rings. The van der Waals surface area contributed by atoms with E-state index in [1.807, 2.05) is 19.9 Å². The number of fused-ring (bicyclic) bond motifs is 2. The van der Waals surface area contributed by atoms with Crippen molar-refractivity contribution >= 4 is 17.8 Å². The fourth-order valence-corrected chi connectivity index (χ4v) is 8.75. The minimum Gasteiger partial charge on any atom is -0.341 e. The predicted octanol–water partition coefficient (Wildman–Crippen LogP) is 4.43. The molecule has 1 aliphatic carbocycles. The first kappa shape index (κ1) is 26.7. The highest BCUT2D eigenvalue weighted by Gasteiger charge is 2.63. The monoisotopic (exact) mass is 538 g/mol. The van der Waals surface area contributed by atoms with Gasteiger partial charge in [-0.3, -0.25) is 19.4 Å². The zero-order valence-corrected chi connectivity index (χ0v) is 23.4. The van der Waals surface area contributed by atoms with Gasteiger partial charge < -0.3 is 9.80 Å². The molecule has 4 saturated heterocycles. The Morgan fingerprint density at radius 3 is 2.28 bits per heavy atom. The maximum Gasteiger partial charge on any atom is 0.327 e. The molecule has 6 rings (SSSR count). The largest absolute Gasteiger partial charge is 0.341 e. The van der Waals surface area contributed by atoms with Crippen LogP contribution in [0.15, 0.2) is 30.3 Å². The molecule has 0 N–H and O–H groups in total. The van der Waals surface area contributed by atoms with Crippen LogP contribution in [-0.4, -0.2) is 94.0 Å². The number of piperidine rings is 1. The first-order valence-electron chi connectivity index (χ1n) is 15.1. The van der Waals surface area contributed by atoms with Crippen molar-refractivity contribution in [1.29, 1.82) is 0 Å². The number of amides is 4. The Morgan fingerprint density at radius 2 is 1.67 bits per heavy atom. The number of likely N-dealkylation sites (tertiary alicyclic amines) is 1. The number of alkyl halides is 1. The van der Waals surface area contributed by atoms with Crippen LogP contribution < -0.4 is 0 Å². The van der Waals surface area contributed by atoms with Crippen molar-refractivity contribution in [2.75, 3.05) is 32.9 Å². The molecule has 1 saturated carbocycles. The van der Waals surface area contributed by atoms with Gasteiger partial charge in [0.15, 0.2) is 0 Å². The van der Waals surface area contributed by atoms with E-state index >= 15 is 0 Å². The van der Waals surface area contributed by atoms with Crippen LogP contribution >= 0.6 is 0 Å². The second kappa shape index (κ2) is 10.5. The molecule has 2 unspecified atom stereocenters. The topological polar surface area (TPSA) is 64.2 Å². The molecule has 212 valence electrons. The van der Waals surface area contributed by atoms with Crippen LogP contribution in [-0.2, 0) is 9.59 Å². The third-order valence-electron chi connectivity index (χ3n) is 10.4. The molecule has 39 heavy (non-hydrogen) atoms. The lowest BCUT2D eigenvalue weighted by Gasteiger charge is -2.48. The summed E-state index contributed by atoms with van der Waals surface area (Å²) < 4.78 is 13.3. The van der Waals surface area contributed by atoms with Crippen molar-refractivity contribution in [3.63, 3.8) is 0 Å². The van der Waals surface area contributed by atoms with E-state index in [9.17, 15) is 18.8 Å². The summed E-state index contributed by atoms with van der Waals surface area (Å²) in [5.41, 5.74) is 0.441. The van der Waals surface area contributed by atoms with Gasteiger partial charge >= 0.3 is 6.03 Å². The number of nitrogens with zero attached hydrogens (tertiary/aromatic N) is 4. The summed E-state index contributed by atoms with van der Waals surface area (Å²) in [6, 6.07) is 10.6. The van der Waals surface area contributed by atoms with Gasteiger partial charge in [0.1, 0.15) is 12.2 Å².